The maximum absolute atomic E-state index is 12.6. The summed E-state index contributed by atoms with van der Waals surface area (Å²) in [7, 11) is 0. The molecule has 2 nitrogen and oxygen atoms in total. The Morgan fingerprint density at radius 1 is 0.950 bits per heavy atom. The van der Waals surface area contributed by atoms with Crippen LogP contribution in [0.2, 0.25) is 0 Å². The lowest BCUT2D eigenvalue weighted by Crippen LogP contribution is -2.03. The molecule has 2 aromatic carbocycles. The molecule has 1 heterocycles. The summed E-state index contributed by atoms with van der Waals surface area (Å²) in [5.41, 5.74) is 2.26. The Hall–Kier alpha value is -2.26. The van der Waals surface area contributed by atoms with E-state index in [2.05, 4.69) is 4.98 Å². The molecule has 0 atom stereocenters. The first-order valence-electron chi connectivity index (χ1n) is 6.38. The molecule has 0 aliphatic heterocycles. The van der Waals surface area contributed by atoms with Gasteiger partial charge in [-0.25, -0.2) is 4.98 Å². The topological polar surface area (TPSA) is 30.0 Å². The molecule has 0 saturated heterocycles. The van der Waals surface area contributed by atoms with Crippen molar-refractivity contribution in [3.05, 3.63) is 76.9 Å². The second kappa shape index (κ2) is 5.39. The Kier molecular flexibility index (Phi) is 3.44. The summed E-state index contributed by atoms with van der Waals surface area (Å²) in [6.45, 7) is 1.93. The minimum absolute atomic E-state index is 0.0196. The van der Waals surface area contributed by atoms with Gasteiger partial charge < -0.3 is 0 Å². The first kappa shape index (κ1) is 12.8. The van der Waals surface area contributed by atoms with E-state index in [0.29, 0.717) is 11.3 Å². The van der Waals surface area contributed by atoms with Gasteiger partial charge in [-0.15, -0.1) is 11.3 Å². The highest BCUT2D eigenvalue weighted by atomic mass is 32.1. The number of rotatable bonds is 3. The maximum atomic E-state index is 12.6. The third kappa shape index (κ3) is 2.40. The second-order valence-electron chi connectivity index (χ2n) is 4.47. The summed E-state index contributed by atoms with van der Waals surface area (Å²) in [4.78, 5) is 18.0. The van der Waals surface area contributed by atoms with E-state index in [0.717, 1.165) is 15.4 Å². The van der Waals surface area contributed by atoms with Crippen LogP contribution in [-0.4, -0.2) is 10.8 Å². The number of aromatic nitrogens is 1. The van der Waals surface area contributed by atoms with Crippen molar-refractivity contribution >= 4 is 17.1 Å². The first-order chi connectivity index (χ1) is 9.75. The Balaban J connectivity index is 2.09. The molecule has 0 N–H and O–H groups in total. The Labute approximate surface area is 121 Å². The third-order valence-corrected chi connectivity index (χ3v) is 4.04. The average Bonchev–Trinajstić information content (AvgIpc) is 2.90. The van der Waals surface area contributed by atoms with Crippen LogP contribution in [0.15, 0.2) is 60.7 Å². The number of hydrogen-bond acceptors (Lipinski definition) is 3. The van der Waals surface area contributed by atoms with Crippen LogP contribution in [0.5, 0.6) is 0 Å². The number of aryl methyl sites for hydroxylation is 1. The van der Waals surface area contributed by atoms with Gasteiger partial charge in [-0.3, -0.25) is 4.79 Å². The molecule has 0 unspecified atom stereocenters. The summed E-state index contributed by atoms with van der Waals surface area (Å²) in [5.74, 6) is -0.0196. The van der Waals surface area contributed by atoms with E-state index in [4.69, 9.17) is 0 Å². The summed E-state index contributed by atoms with van der Waals surface area (Å²) < 4.78 is 0. The van der Waals surface area contributed by atoms with Gasteiger partial charge in [-0.1, -0.05) is 60.7 Å². The van der Waals surface area contributed by atoms with Crippen molar-refractivity contribution in [2.45, 2.75) is 6.92 Å². The Bertz CT molecular complexity index is 732. The smallest absolute Gasteiger partial charge is 0.212 e. The average molecular weight is 279 g/mol. The van der Waals surface area contributed by atoms with Crippen molar-refractivity contribution in [3.63, 3.8) is 0 Å². The van der Waals surface area contributed by atoms with E-state index in [-0.39, 0.29) is 5.78 Å². The standard InChI is InChI=1S/C17H13NOS/c1-12-18-15(16(19)13-8-4-2-5-9-13)17(20-12)14-10-6-3-7-11-14/h2-11H,1H3. The summed E-state index contributed by atoms with van der Waals surface area (Å²) in [6.07, 6.45) is 0. The van der Waals surface area contributed by atoms with Gasteiger partial charge in [0.1, 0.15) is 5.69 Å². The van der Waals surface area contributed by atoms with Crippen LogP contribution < -0.4 is 0 Å². The lowest BCUT2D eigenvalue weighted by atomic mass is 10.0. The zero-order chi connectivity index (χ0) is 13.9. The first-order valence-corrected chi connectivity index (χ1v) is 7.20. The highest BCUT2D eigenvalue weighted by Crippen LogP contribution is 2.31. The molecule has 3 heteroatoms. The highest BCUT2D eigenvalue weighted by molar-refractivity contribution is 7.15. The lowest BCUT2D eigenvalue weighted by molar-refractivity contribution is 0.103. The minimum atomic E-state index is -0.0196. The Morgan fingerprint density at radius 3 is 2.20 bits per heavy atom. The Morgan fingerprint density at radius 2 is 1.55 bits per heavy atom. The molecule has 0 amide bonds. The molecule has 0 aliphatic rings. The van der Waals surface area contributed by atoms with Crippen molar-refractivity contribution < 1.29 is 4.79 Å². The van der Waals surface area contributed by atoms with Crippen molar-refractivity contribution in [2.24, 2.45) is 0 Å². The van der Waals surface area contributed by atoms with E-state index in [1.165, 1.54) is 0 Å². The number of carbonyl (C=O) groups is 1. The minimum Gasteiger partial charge on any atom is -0.287 e. The monoisotopic (exact) mass is 279 g/mol. The maximum Gasteiger partial charge on any atom is 0.212 e. The number of hydrogen-bond donors (Lipinski definition) is 0. The van der Waals surface area contributed by atoms with Gasteiger partial charge in [0, 0.05) is 5.56 Å². The molecule has 98 valence electrons. The largest absolute Gasteiger partial charge is 0.287 e. The SMILES string of the molecule is Cc1nc(C(=O)c2ccccc2)c(-c2ccccc2)s1. The quantitative estimate of drug-likeness (QED) is 0.667. The van der Waals surface area contributed by atoms with Crippen LogP contribution in [0.25, 0.3) is 10.4 Å². The molecule has 3 rings (SSSR count). The van der Waals surface area contributed by atoms with E-state index in [1.807, 2.05) is 67.6 Å². The van der Waals surface area contributed by atoms with Gasteiger partial charge in [-0.2, -0.15) is 0 Å². The summed E-state index contributed by atoms with van der Waals surface area (Å²) in [5, 5.41) is 0.906. The van der Waals surface area contributed by atoms with Gasteiger partial charge in [0.05, 0.1) is 9.88 Å². The fraction of sp³-hybridized carbons (Fsp3) is 0.0588. The number of nitrogens with zero attached hydrogens (tertiary/aromatic N) is 1. The molecule has 0 fully saturated rings. The van der Waals surface area contributed by atoms with Crippen LogP contribution in [0.1, 0.15) is 21.1 Å². The molecular weight excluding hydrogens is 266 g/mol. The van der Waals surface area contributed by atoms with Crippen molar-refractivity contribution in [1.29, 1.82) is 0 Å². The summed E-state index contributed by atoms with van der Waals surface area (Å²) >= 11 is 1.56. The molecule has 20 heavy (non-hydrogen) atoms. The van der Waals surface area contributed by atoms with Gasteiger partial charge in [0.2, 0.25) is 5.78 Å². The van der Waals surface area contributed by atoms with Crippen molar-refractivity contribution in [1.82, 2.24) is 4.98 Å². The fourth-order valence-corrected chi connectivity index (χ4v) is 3.01. The van der Waals surface area contributed by atoms with Crippen LogP contribution >= 0.6 is 11.3 Å². The number of benzene rings is 2. The highest BCUT2D eigenvalue weighted by Gasteiger charge is 2.19. The van der Waals surface area contributed by atoms with Crippen LogP contribution in [0.3, 0.4) is 0 Å². The molecule has 0 spiro atoms. The molecule has 0 saturated carbocycles. The molecular formula is C17H13NOS. The van der Waals surface area contributed by atoms with Gasteiger partial charge >= 0.3 is 0 Å². The van der Waals surface area contributed by atoms with E-state index < -0.39 is 0 Å². The zero-order valence-electron chi connectivity index (χ0n) is 11.0. The van der Waals surface area contributed by atoms with Gasteiger partial charge in [0.15, 0.2) is 0 Å². The molecule has 0 aliphatic carbocycles. The van der Waals surface area contributed by atoms with Crippen LogP contribution in [0.4, 0.5) is 0 Å². The molecule has 3 aromatic rings. The third-order valence-electron chi connectivity index (χ3n) is 3.02. The predicted molar refractivity (Wildman–Crippen MR) is 82.2 cm³/mol. The second-order valence-corrected chi connectivity index (χ2v) is 5.67. The predicted octanol–water partition coefficient (Wildman–Crippen LogP) is 4.35. The van der Waals surface area contributed by atoms with Crippen LogP contribution in [-0.2, 0) is 0 Å². The molecule has 0 radical (unpaired) electrons. The van der Waals surface area contributed by atoms with E-state index >= 15 is 0 Å². The number of carbonyl (C=O) groups excluding carboxylic acids is 1. The summed E-state index contributed by atoms with van der Waals surface area (Å²) in [6, 6.07) is 19.2. The zero-order valence-corrected chi connectivity index (χ0v) is 11.9. The van der Waals surface area contributed by atoms with Gasteiger partial charge in [0.25, 0.3) is 0 Å². The van der Waals surface area contributed by atoms with Crippen molar-refractivity contribution in [3.8, 4) is 10.4 Å². The number of ketones is 1. The number of thiazole rings is 1. The lowest BCUT2D eigenvalue weighted by Gasteiger charge is -2.02. The normalized spacial score (nSPS) is 10.4. The fourth-order valence-electron chi connectivity index (χ4n) is 2.09. The van der Waals surface area contributed by atoms with Gasteiger partial charge in [-0.05, 0) is 12.5 Å². The van der Waals surface area contributed by atoms with E-state index in [9.17, 15) is 4.79 Å². The van der Waals surface area contributed by atoms with Crippen molar-refractivity contribution in [2.75, 3.05) is 0 Å². The van der Waals surface area contributed by atoms with Crippen LogP contribution in [0, 0.1) is 6.92 Å². The van der Waals surface area contributed by atoms with E-state index in [1.54, 1.807) is 11.3 Å². The molecule has 1 aromatic heterocycles. The molecule has 0 bridgehead atoms.